The summed E-state index contributed by atoms with van der Waals surface area (Å²) in [4.78, 5) is 31.0. The van der Waals surface area contributed by atoms with Crippen LogP contribution in [0.4, 0.5) is 0 Å². The van der Waals surface area contributed by atoms with Gasteiger partial charge >= 0.3 is 11.9 Å². The highest BCUT2D eigenvalue weighted by atomic mass is 32.2. The van der Waals surface area contributed by atoms with E-state index >= 15 is 0 Å². The fraction of sp³-hybridized carbons (Fsp3) is 0.600. The van der Waals surface area contributed by atoms with Crippen molar-refractivity contribution in [3.63, 3.8) is 0 Å². The molecule has 0 radical (unpaired) electrons. The molecule has 0 saturated heterocycles. The lowest BCUT2D eigenvalue weighted by molar-refractivity contribution is -0.159. The van der Waals surface area contributed by atoms with E-state index in [9.17, 15) is 14.5 Å². The largest absolute Gasteiger partial charge is 0.391 e. The lowest BCUT2D eigenvalue weighted by atomic mass is 10.4. The van der Waals surface area contributed by atoms with Crippen LogP contribution in [-0.2, 0) is 14.3 Å². The first-order valence-corrected chi connectivity index (χ1v) is 4.20. The molecule has 0 aliphatic rings. The summed E-state index contributed by atoms with van der Waals surface area (Å²) in [6.45, 7) is -0.391. The number of carbonyl (C=O) groups is 2. The smallest absolute Gasteiger partial charge is 0.331 e. The topological polar surface area (TPSA) is 125 Å². The fourth-order valence-corrected chi connectivity index (χ4v) is 0.766. The first-order valence-electron chi connectivity index (χ1n) is 3.26. The molecule has 74 valence electrons. The van der Waals surface area contributed by atoms with E-state index in [4.69, 9.17) is 11.5 Å². The Kier molecular flexibility index (Phi) is 6.02. The molecule has 0 spiro atoms. The van der Waals surface area contributed by atoms with Crippen LogP contribution in [0, 0.1) is 4.91 Å². The molecule has 1 atom stereocenters. The van der Waals surface area contributed by atoms with Gasteiger partial charge in [0.15, 0.2) is 0 Å². The third kappa shape index (κ3) is 5.28. The van der Waals surface area contributed by atoms with E-state index < -0.39 is 24.5 Å². The van der Waals surface area contributed by atoms with Crippen LogP contribution in [0.5, 0.6) is 0 Å². The molecule has 0 aromatic carbocycles. The second-order valence-corrected chi connectivity index (χ2v) is 2.71. The third-order valence-corrected chi connectivity index (χ3v) is 1.60. The Morgan fingerprint density at radius 1 is 1.54 bits per heavy atom. The van der Waals surface area contributed by atoms with E-state index in [0.717, 1.165) is 0 Å². The van der Waals surface area contributed by atoms with Gasteiger partial charge in [-0.15, -0.1) is 4.91 Å². The summed E-state index contributed by atoms with van der Waals surface area (Å²) in [5.74, 6) is -1.80. The second kappa shape index (κ2) is 6.52. The molecule has 8 heteroatoms. The predicted molar refractivity (Wildman–Crippen MR) is 46.4 cm³/mol. The van der Waals surface area contributed by atoms with Gasteiger partial charge in [-0.25, -0.2) is 4.79 Å². The van der Waals surface area contributed by atoms with Gasteiger partial charge in [0.05, 0.1) is 6.54 Å². The van der Waals surface area contributed by atoms with Crippen molar-refractivity contribution in [3.05, 3.63) is 4.91 Å². The van der Waals surface area contributed by atoms with Crippen molar-refractivity contribution in [2.24, 2.45) is 16.0 Å². The molecule has 4 N–H and O–H groups in total. The number of esters is 2. The molecule has 0 bridgehead atoms. The van der Waals surface area contributed by atoms with Crippen LogP contribution in [0.1, 0.15) is 0 Å². The normalized spacial score (nSPS) is 11.8. The van der Waals surface area contributed by atoms with E-state index in [2.05, 4.69) is 9.32 Å². The first-order chi connectivity index (χ1) is 6.11. The summed E-state index contributed by atoms with van der Waals surface area (Å²) in [7, 11) is 0. The molecule has 0 aliphatic heterocycles. The molecular weight excluding hydrogens is 198 g/mol. The van der Waals surface area contributed by atoms with Crippen LogP contribution in [0.2, 0.25) is 0 Å². The highest BCUT2D eigenvalue weighted by Crippen LogP contribution is 2.02. The molecule has 0 aliphatic carbocycles. The molecule has 7 nitrogen and oxygen atoms in total. The molecule has 0 fully saturated rings. The standard InChI is InChI=1S/C5H9N3O4S/c6-1-4(9)12-5(10)3(7)2-13-8-11/h3H,1-2,6-7H2/t3-/m0/s1. The maximum absolute atomic E-state index is 10.8. The summed E-state index contributed by atoms with van der Waals surface area (Å²) in [6.07, 6.45) is 0. The van der Waals surface area contributed by atoms with Crippen LogP contribution in [0.3, 0.4) is 0 Å². The van der Waals surface area contributed by atoms with Crippen molar-refractivity contribution in [1.29, 1.82) is 0 Å². The lowest BCUT2D eigenvalue weighted by Gasteiger charge is -2.06. The van der Waals surface area contributed by atoms with Crippen molar-refractivity contribution in [3.8, 4) is 0 Å². The summed E-state index contributed by atoms with van der Waals surface area (Å²) < 4.78 is 6.60. The number of hydrogen-bond acceptors (Lipinski definition) is 8. The van der Waals surface area contributed by atoms with Crippen LogP contribution >= 0.6 is 11.9 Å². The minimum atomic E-state index is -1.04. The molecule has 0 unspecified atom stereocenters. The maximum atomic E-state index is 10.8. The van der Waals surface area contributed by atoms with E-state index in [1.54, 1.807) is 0 Å². The van der Waals surface area contributed by atoms with Gasteiger partial charge in [-0.3, -0.25) is 4.79 Å². The maximum Gasteiger partial charge on any atom is 0.331 e. The van der Waals surface area contributed by atoms with Gasteiger partial charge in [-0.05, 0) is 0 Å². The zero-order valence-electron chi connectivity index (χ0n) is 6.63. The second-order valence-electron chi connectivity index (χ2n) is 1.97. The van der Waals surface area contributed by atoms with E-state index in [0.29, 0.717) is 11.9 Å². The zero-order chi connectivity index (χ0) is 10.3. The molecular formula is C5H9N3O4S. The Hall–Kier alpha value is -0.990. The molecule has 13 heavy (non-hydrogen) atoms. The molecule has 0 heterocycles. The van der Waals surface area contributed by atoms with E-state index in [1.807, 2.05) is 0 Å². The number of carbonyl (C=O) groups excluding carboxylic acids is 2. The predicted octanol–water partition coefficient (Wildman–Crippen LogP) is -1.24. The Balaban J connectivity index is 3.81. The van der Waals surface area contributed by atoms with Gasteiger partial charge < -0.3 is 16.2 Å². The van der Waals surface area contributed by atoms with Crippen LogP contribution in [-0.4, -0.2) is 30.3 Å². The molecule has 0 amide bonds. The summed E-state index contributed by atoms with van der Waals surface area (Å²) >= 11 is 0.580. The van der Waals surface area contributed by atoms with Gasteiger partial charge in [0.25, 0.3) is 0 Å². The number of rotatable bonds is 5. The van der Waals surface area contributed by atoms with E-state index in [1.165, 1.54) is 0 Å². The summed E-state index contributed by atoms with van der Waals surface area (Å²) in [5.41, 5.74) is 10.1. The van der Waals surface area contributed by atoms with Gasteiger partial charge in [0, 0.05) is 22.3 Å². The Morgan fingerprint density at radius 2 is 2.15 bits per heavy atom. The average Bonchev–Trinajstić information content (AvgIpc) is 2.13. The minimum absolute atomic E-state index is 0.0276. The van der Waals surface area contributed by atoms with Crippen LogP contribution in [0.25, 0.3) is 0 Å². The summed E-state index contributed by atoms with van der Waals surface area (Å²) in [5, 5.41) is 0. The molecule has 0 aromatic rings. The van der Waals surface area contributed by atoms with E-state index in [-0.39, 0.29) is 5.75 Å². The fourth-order valence-electron chi connectivity index (χ4n) is 0.408. The number of nitrogens with zero attached hydrogens (tertiary/aromatic N) is 1. The number of ether oxygens (including phenoxy) is 1. The highest BCUT2D eigenvalue weighted by Gasteiger charge is 2.18. The first kappa shape index (κ1) is 12.0. The lowest BCUT2D eigenvalue weighted by Crippen LogP contribution is -2.37. The minimum Gasteiger partial charge on any atom is -0.391 e. The van der Waals surface area contributed by atoms with Gasteiger partial charge in [0.1, 0.15) is 6.04 Å². The van der Waals surface area contributed by atoms with Crippen molar-refractivity contribution >= 4 is 23.9 Å². The quantitative estimate of drug-likeness (QED) is 0.250. The number of nitrogens with two attached hydrogens (primary N) is 2. The van der Waals surface area contributed by atoms with Crippen LogP contribution < -0.4 is 11.5 Å². The Labute approximate surface area is 78.3 Å². The Morgan fingerprint density at radius 3 is 2.62 bits per heavy atom. The van der Waals surface area contributed by atoms with Crippen molar-refractivity contribution in [1.82, 2.24) is 0 Å². The van der Waals surface area contributed by atoms with Gasteiger partial charge in [0.2, 0.25) is 0 Å². The highest BCUT2D eigenvalue weighted by molar-refractivity contribution is 7.97. The molecule has 0 aromatic heterocycles. The van der Waals surface area contributed by atoms with Crippen molar-refractivity contribution in [2.45, 2.75) is 6.04 Å². The third-order valence-electron chi connectivity index (χ3n) is 0.991. The zero-order valence-corrected chi connectivity index (χ0v) is 7.45. The summed E-state index contributed by atoms with van der Waals surface area (Å²) in [6, 6.07) is -1.04. The Bertz CT molecular complexity index is 210. The van der Waals surface area contributed by atoms with Gasteiger partial charge in [-0.2, -0.15) is 0 Å². The number of hydrogen-bond donors (Lipinski definition) is 2. The SMILES string of the molecule is NCC(=O)OC(=O)[C@@H](N)CSN=O. The molecule has 0 saturated carbocycles. The monoisotopic (exact) mass is 207 g/mol. The van der Waals surface area contributed by atoms with Crippen molar-refractivity contribution in [2.75, 3.05) is 12.3 Å². The van der Waals surface area contributed by atoms with Gasteiger partial charge in [-0.1, -0.05) is 0 Å². The molecule has 0 rings (SSSR count). The van der Waals surface area contributed by atoms with Crippen LogP contribution in [0.15, 0.2) is 4.58 Å². The average molecular weight is 207 g/mol. The van der Waals surface area contributed by atoms with Crippen molar-refractivity contribution < 1.29 is 14.3 Å². The number of nitroso groups, excluding NO2 is 1.